The molecule has 0 saturated heterocycles. The molecule has 5 heteroatoms. The number of carbonyl (C=O) groups is 1. The van der Waals surface area contributed by atoms with E-state index < -0.39 is 0 Å². The highest BCUT2D eigenvalue weighted by Gasteiger charge is 2.16. The first-order valence-electron chi connectivity index (χ1n) is 8.44. The lowest BCUT2D eigenvalue weighted by Crippen LogP contribution is -2.37. The SMILES string of the molecule is CCCCN(C(=O)Cn1cnc(C(C)C)cc1=O)c1ccccc1. The molecule has 0 bridgehead atoms. The zero-order chi connectivity index (χ0) is 17.5. The lowest BCUT2D eigenvalue weighted by atomic mass is 10.1. The lowest BCUT2D eigenvalue weighted by molar-refractivity contribution is -0.119. The highest BCUT2D eigenvalue weighted by atomic mass is 16.2. The topological polar surface area (TPSA) is 55.2 Å². The molecule has 2 rings (SSSR count). The summed E-state index contributed by atoms with van der Waals surface area (Å²) in [7, 11) is 0. The molecule has 2 aromatic rings. The van der Waals surface area contributed by atoms with Gasteiger partial charge in [-0.2, -0.15) is 0 Å². The van der Waals surface area contributed by atoms with E-state index in [2.05, 4.69) is 11.9 Å². The number of nitrogens with zero attached hydrogens (tertiary/aromatic N) is 3. The van der Waals surface area contributed by atoms with Gasteiger partial charge in [-0.1, -0.05) is 45.4 Å². The summed E-state index contributed by atoms with van der Waals surface area (Å²) >= 11 is 0. The van der Waals surface area contributed by atoms with E-state index in [-0.39, 0.29) is 23.9 Å². The van der Waals surface area contributed by atoms with E-state index in [9.17, 15) is 9.59 Å². The van der Waals surface area contributed by atoms with Crippen LogP contribution in [0.2, 0.25) is 0 Å². The first-order valence-corrected chi connectivity index (χ1v) is 8.44. The Balaban J connectivity index is 2.20. The number of benzene rings is 1. The maximum Gasteiger partial charge on any atom is 0.254 e. The highest BCUT2D eigenvalue weighted by molar-refractivity contribution is 5.93. The fourth-order valence-electron chi connectivity index (χ4n) is 2.43. The monoisotopic (exact) mass is 327 g/mol. The average molecular weight is 327 g/mol. The molecule has 0 N–H and O–H groups in total. The van der Waals surface area contributed by atoms with Gasteiger partial charge in [0.25, 0.3) is 5.56 Å². The Hall–Kier alpha value is -2.43. The molecule has 1 aromatic carbocycles. The third-order valence-corrected chi connectivity index (χ3v) is 3.90. The van der Waals surface area contributed by atoms with Crippen molar-refractivity contribution in [1.29, 1.82) is 0 Å². The summed E-state index contributed by atoms with van der Waals surface area (Å²) in [5.41, 5.74) is 1.41. The van der Waals surface area contributed by atoms with Crippen molar-refractivity contribution >= 4 is 11.6 Å². The molecule has 128 valence electrons. The number of aromatic nitrogens is 2. The molecule has 0 spiro atoms. The average Bonchev–Trinajstić information content (AvgIpc) is 2.58. The molecule has 0 aliphatic rings. The maximum atomic E-state index is 12.7. The fourth-order valence-corrected chi connectivity index (χ4v) is 2.43. The molecule has 0 atom stereocenters. The number of amides is 1. The van der Waals surface area contributed by atoms with Crippen LogP contribution in [0.5, 0.6) is 0 Å². The van der Waals surface area contributed by atoms with Gasteiger partial charge in [-0.3, -0.25) is 14.2 Å². The second kappa shape index (κ2) is 8.43. The summed E-state index contributed by atoms with van der Waals surface area (Å²) in [6.45, 7) is 6.71. The molecule has 1 amide bonds. The zero-order valence-electron chi connectivity index (χ0n) is 14.6. The number of anilines is 1. The molecular formula is C19H25N3O2. The van der Waals surface area contributed by atoms with Gasteiger partial charge in [0, 0.05) is 18.3 Å². The van der Waals surface area contributed by atoms with Crippen molar-refractivity contribution in [3.63, 3.8) is 0 Å². The van der Waals surface area contributed by atoms with Crippen LogP contribution in [0.1, 0.15) is 45.2 Å². The molecule has 5 nitrogen and oxygen atoms in total. The molecule has 0 unspecified atom stereocenters. The molecule has 1 aromatic heterocycles. The molecule has 0 fully saturated rings. The maximum absolute atomic E-state index is 12.7. The van der Waals surface area contributed by atoms with Gasteiger partial charge >= 0.3 is 0 Å². The third-order valence-electron chi connectivity index (χ3n) is 3.90. The van der Waals surface area contributed by atoms with Crippen LogP contribution in [-0.4, -0.2) is 22.0 Å². The van der Waals surface area contributed by atoms with Crippen molar-refractivity contribution in [1.82, 2.24) is 9.55 Å². The Morgan fingerprint density at radius 3 is 2.54 bits per heavy atom. The van der Waals surface area contributed by atoms with Gasteiger partial charge in [0.15, 0.2) is 0 Å². The first-order chi connectivity index (χ1) is 11.5. The van der Waals surface area contributed by atoms with Crippen molar-refractivity contribution in [3.05, 3.63) is 58.8 Å². The van der Waals surface area contributed by atoms with Crippen molar-refractivity contribution in [2.45, 2.75) is 46.1 Å². The van der Waals surface area contributed by atoms with Crippen LogP contribution in [0.4, 0.5) is 5.69 Å². The summed E-state index contributed by atoms with van der Waals surface area (Å²) in [6, 6.07) is 11.1. The zero-order valence-corrected chi connectivity index (χ0v) is 14.6. The Morgan fingerprint density at radius 1 is 1.25 bits per heavy atom. The van der Waals surface area contributed by atoms with Gasteiger partial charge in [-0.25, -0.2) is 4.98 Å². The van der Waals surface area contributed by atoms with Crippen LogP contribution in [-0.2, 0) is 11.3 Å². The molecule has 0 aliphatic heterocycles. The Morgan fingerprint density at radius 2 is 1.96 bits per heavy atom. The minimum atomic E-state index is -0.189. The van der Waals surface area contributed by atoms with Gasteiger partial charge in [-0.05, 0) is 24.5 Å². The summed E-state index contributed by atoms with van der Waals surface area (Å²) in [4.78, 5) is 31.0. The predicted octanol–water partition coefficient (Wildman–Crippen LogP) is 3.20. The van der Waals surface area contributed by atoms with Gasteiger partial charge in [0.05, 0.1) is 12.0 Å². The predicted molar refractivity (Wildman–Crippen MR) is 96.3 cm³/mol. The van der Waals surface area contributed by atoms with Crippen LogP contribution in [0.3, 0.4) is 0 Å². The van der Waals surface area contributed by atoms with E-state index in [1.807, 2.05) is 44.2 Å². The summed E-state index contributed by atoms with van der Waals surface area (Å²) in [5, 5.41) is 0. The Bertz CT molecular complexity index is 723. The van der Waals surface area contributed by atoms with Crippen LogP contribution in [0.25, 0.3) is 0 Å². The second-order valence-corrected chi connectivity index (χ2v) is 6.17. The number of carbonyl (C=O) groups excluding carboxylic acids is 1. The standard InChI is InChI=1S/C19H25N3O2/c1-4-5-11-22(16-9-7-6-8-10-16)19(24)13-21-14-20-17(15(2)3)12-18(21)23/h6-10,12,14-15H,4-5,11,13H2,1-3H3. The number of unbranched alkanes of at least 4 members (excludes halogenated alkanes) is 1. The molecule has 0 radical (unpaired) electrons. The number of rotatable bonds is 7. The van der Waals surface area contributed by atoms with E-state index in [0.717, 1.165) is 24.2 Å². The smallest absolute Gasteiger partial charge is 0.254 e. The molecule has 1 heterocycles. The molecule has 0 saturated carbocycles. The fraction of sp³-hybridized carbons (Fsp3) is 0.421. The van der Waals surface area contributed by atoms with E-state index in [0.29, 0.717) is 6.54 Å². The summed E-state index contributed by atoms with van der Waals surface area (Å²) < 4.78 is 1.37. The van der Waals surface area contributed by atoms with Crippen LogP contribution in [0.15, 0.2) is 47.5 Å². The Kier molecular flexibility index (Phi) is 6.29. The summed E-state index contributed by atoms with van der Waals surface area (Å²) in [5.74, 6) is 0.0873. The third kappa shape index (κ3) is 4.54. The van der Waals surface area contributed by atoms with E-state index in [1.54, 1.807) is 4.90 Å². The normalized spacial score (nSPS) is 10.8. The van der Waals surface area contributed by atoms with Crippen molar-refractivity contribution in [2.24, 2.45) is 0 Å². The largest absolute Gasteiger partial charge is 0.311 e. The van der Waals surface area contributed by atoms with Gasteiger partial charge in [0.2, 0.25) is 5.91 Å². The van der Waals surface area contributed by atoms with Gasteiger partial charge in [-0.15, -0.1) is 0 Å². The molecule has 0 aliphatic carbocycles. The van der Waals surface area contributed by atoms with Crippen molar-refractivity contribution < 1.29 is 4.79 Å². The number of hydrogen-bond donors (Lipinski definition) is 0. The van der Waals surface area contributed by atoms with Crippen molar-refractivity contribution in [3.8, 4) is 0 Å². The minimum absolute atomic E-state index is 0.00279. The van der Waals surface area contributed by atoms with Gasteiger partial charge < -0.3 is 4.90 Å². The Labute approximate surface area is 143 Å². The first kappa shape index (κ1) is 17.9. The summed E-state index contributed by atoms with van der Waals surface area (Å²) in [6.07, 6.45) is 3.39. The number of hydrogen-bond acceptors (Lipinski definition) is 3. The van der Waals surface area contributed by atoms with Crippen LogP contribution >= 0.6 is 0 Å². The van der Waals surface area contributed by atoms with E-state index >= 15 is 0 Å². The molecular weight excluding hydrogens is 302 g/mol. The highest BCUT2D eigenvalue weighted by Crippen LogP contribution is 2.15. The quantitative estimate of drug-likeness (QED) is 0.785. The van der Waals surface area contributed by atoms with Crippen molar-refractivity contribution in [2.75, 3.05) is 11.4 Å². The van der Waals surface area contributed by atoms with Crippen LogP contribution in [0, 0.1) is 0 Å². The van der Waals surface area contributed by atoms with E-state index in [1.165, 1.54) is 17.0 Å². The van der Waals surface area contributed by atoms with E-state index in [4.69, 9.17) is 0 Å². The minimum Gasteiger partial charge on any atom is -0.311 e. The second-order valence-electron chi connectivity index (χ2n) is 6.17. The number of para-hydroxylation sites is 1. The van der Waals surface area contributed by atoms with Gasteiger partial charge in [0.1, 0.15) is 6.54 Å². The molecule has 24 heavy (non-hydrogen) atoms. The van der Waals surface area contributed by atoms with Crippen LogP contribution < -0.4 is 10.5 Å². The lowest BCUT2D eigenvalue weighted by Gasteiger charge is -2.23.